The highest BCUT2D eigenvalue weighted by Gasteiger charge is 2.16. The fraction of sp³-hybridized carbons (Fsp3) is 0.240. The van der Waals surface area contributed by atoms with E-state index in [9.17, 15) is 9.59 Å². The van der Waals surface area contributed by atoms with E-state index in [1.54, 1.807) is 4.57 Å². The zero-order valence-electron chi connectivity index (χ0n) is 18.1. The maximum atomic E-state index is 13.2. The minimum absolute atomic E-state index is 0.110. The first kappa shape index (κ1) is 22.3. The van der Waals surface area contributed by atoms with Crippen molar-refractivity contribution < 1.29 is 4.79 Å². The van der Waals surface area contributed by atoms with Crippen LogP contribution in [0.4, 0.5) is 5.69 Å². The second kappa shape index (κ2) is 10.1. The molecule has 0 spiro atoms. The van der Waals surface area contributed by atoms with Crippen molar-refractivity contribution in [2.45, 2.75) is 38.3 Å². The van der Waals surface area contributed by atoms with Gasteiger partial charge in [-0.25, -0.2) is 4.98 Å². The van der Waals surface area contributed by atoms with Crippen molar-refractivity contribution in [1.82, 2.24) is 9.55 Å². The number of nitrogens with one attached hydrogen (secondary N) is 1. The number of amides is 1. The Morgan fingerprint density at radius 1 is 1.16 bits per heavy atom. The molecule has 2 heterocycles. The molecule has 4 aromatic rings. The van der Waals surface area contributed by atoms with Gasteiger partial charge in [0.25, 0.3) is 5.56 Å². The quantitative estimate of drug-likeness (QED) is 0.264. The summed E-state index contributed by atoms with van der Waals surface area (Å²) in [6, 6.07) is 17.6. The van der Waals surface area contributed by atoms with Crippen LogP contribution in [-0.2, 0) is 11.2 Å². The van der Waals surface area contributed by atoms with Crippen LogP contribution < -0.4 is 10.9 Å². The molecule has 164 valence electrons. The van der Waals surface area contributed by atoms with E-state index in [2.05, 4.69) is 29.4 Å². The van der Waals surface area contributed by atoms with Crippen LogP contribution in [0.5, 0.6) is 0 Å². The van der Waals surface area contributed by atoms with E-state index in [1.807, 2.05) is 54.8 Å². The van der Waals surface area contributed by atoms with Crippen LogP contribution >= 0.6 is 23.1 Å². The molecule has 0 aliphatic rings. The molecule has 1 N–H and O–H groups in total. The monoisotopic (exact) mass is 463 g/mol. The number of benzene rings is 2. The first-order valence-electron chi connectivity index (χ1n) is 10.6. The SMILES string of the molecule is CCCCc1ccc(NC(=O)CSc2nc3ccsc3c(=O)n2-c2cccc(C)c2)cc1. The molecule has 7 heteroatoms. The number of hydrogen-bond acceptors (Lipinski definition) is 5. The Labute approximate surface area is 195 Å². The molecule has 32 heavy (non-hydrogen) atoms. The summed E-state index contributed by atoms with van der Waals surface area (Å²) in [6.45, 7) is 4.16. The number of carbonyl (C=O) groups excluding carboxylic acids is 1. The zero-order chi connectivity index (χ0) is 22.5. The van der Waals surface area contributed by atoms with E-state index < -0.39 is 0 Å². The molecule has 0 aliphatic heterocycles. The molecule has 0 radical (unpaired) electrons. The molecule has 2 aromatic carbocycles. The highest BCUT2D eigenvalue weighted by Crippen LogP contribution is 2.24. The second-order valence-electron chi connectivity index (χ2n) is 7.65. The van der Waals surface area contributed by atoms with Gasteiger partial charge in [0, 0.05) is 5.69 Å². The molecule has 0 bridgehead atoms. The van der Waals surface area contributed by atoms with Crippen molar-refractivity contribution >= 4 is 44.9 Å². The van der Waals surface area contributed by atoms with Gasteiger partial charge in [-0.05, 0) is 66.6 Å². The molecule has 0 atom stereocenters. The Bertz CT molecular complexity index is 1290. The van der Waals surface area contributed by atoms with Crippen LogP contribution in [0, 0.1) is 6.92 Å². The number of unbranched alkanes of at least 4 members (excludes halogenated alkanes) is 1. The molecule has 0 unspecified atom stereocenters. The van der Waals surface area contributed by atoms with E-state index >= 15 is 0 Å². The first-order chi connectivity index (χ1) is 15.5. The van der Waals surface area contributed by atoms with E-state index in [4.69, 9.17) is 0 Å². The number of hydrogen-bond donors (Lipinski definition) is 1. The van der Waals surface area contributed by atoms with Crippen LogP contribution in [0.2, 0.25) is 0 Å². The molecule has 5 nitrogen and oxygen atoms in total. The number of aromatic nitrogens is 2. The summed E-state index contributed by atoms with van der Waals surface area (Å²) in [6.07, 6.45) is 3.37. The van der Waals surface area contributed by atoms with Gasteiger partial charge in [-0.1, -0.05) is 49.4 Å². The molecular weight excluding hydrogens is 438 g/mol. The number of nitrogens with zero attached hydrogens (tertiary/aromatic N) is 2. The van der Waals surface area contributed by atoms with Crippen LogP contribution in [0.25, 0.3) is 15.9 Å². The minimum Gasteiger partial charge on any atom is -0.325 e. The lowest BCUT2D eigenvalue weighted by atomic mass is 10.1. The van der Waals surface area contributed by atoms with Crippen molar-refractivity contribution in [3.8, 4) is 5.69 Å². The Balaban J connectivity index is 1.53. The summed E-state index contributed by atoms with van der Waals surface area (Å²) in [5.41, 5.74) is 4.40. The predicted octanol–water partition coefficient (Wildman–Crippen LogP) is 5.83. The van der Waals surface area contributed by atoms with Gasteiger partial charge in [0.2, 0.25) is 5.91 Å². The van der Waals surface area contributed by atoms with Crippen molar-refractivity contribution in [3.63, 3.8) is 0 Å². The largest absolute Gasteiger partial charge is 0.325 e. The Morgan fingerprint density at radius 3 is 2.72 bits per heavy atom. The van der Waals surface area contributed by atoms with Gasteiger partial charge in [-0.3, -0.25) is 14.2 Å². The minimum atomic E-state index is -0.133. The molecule has 0 saturated heterocycles. The van der Waals surface area contributed by atoms with Crippen molar-refractivity contribution in [2.24, 2.45) is 0 Å². The molecule has 4 rings (SSSR count). The Morgan fingerprint density at radius 2 is 1.97 bits per heavy atom. The fourth-order valence-corrected chi connectivity index (χ4v) is 5.02. The van der Waals surface area contributed by atoms with Gasteiger partial charge in [0.05, 0.1) is 17.0 Å². The molecular formula is C25H25N3O2S2. The molecule has 0 aliphatic carbocycles. The zero-order valence-corrected chi connectivity index (χ0v) is 19.8. The summed E-state index contributed by atoms with van der Waals surface area (Å²) in [5.74, 6) is 0.0256. The lowest BCUT2D eigenvalue weighted by Gasteiger charge is -2.13. The highest BCUT2D eigenvalue weighted by atomic mass is 32.2. The number of carbonyl (C=O) groups is 1. The first-order valence-corrected chi connectivity index (χ1v) is 12.5. The van der Waals surface area contributed by atoms with Gasteiger partial charge in [0.1, 0.15) is 4.70 Å². The summed E-state index contributed by atoms with van der Waals surface area (Å²) in [5, 5.41) is 5.31. The molecule has 2 aromatic heterocycles. The van der Waals surface area contributed by atoms with Gasteiger partial charge in [-0.2, -0.15) is 0 Å². The standard InChI is InChI=1S/C25H25N3O2S2/c1-3-4-7-18-9-11-19(12-10-18)26-22(29)16-32-25-27-21-13-14-31-23(21)24(30)28(25)20-8-5-6-17(2)15-20/h5-6,8-15H,3-4,7,16H2,1-2H3,(H,26,29). The smallest absolute Gasteiger partial charge is 0.276 e. The predicted molar refractivity (Wildman–Crippen MR) is 134 cm³/mol. The second-order valence-corrected chi connectivity index (χ2v) is 9.50. The lowest BCUT2D eigenvalue weighted by Crippen LogP contribution is -2.22. The van der Waals surface area contributed by atoms with Crippen molar-refractivity contribution in [1.29, 1.82) is 0 Å². The van der Waals surface area contributed by atoms with Crippen LogP contribution in [0.15, 0.2) is 69.9 Å². The van der Waals surface area contributed by atoms with Crippen LogP contribution in [-0.4, -0.2) is 21.2 Å². The number of thiophene rings is 1. The van der Waals surface area contributed by atoms with Crippen molar-refractivity contribution in [3.05, 3.63) is 81.5 Å². The molecule has 0 fully saturated rings. The Kier molecular flexibility index (Phi) is 7.07. The molecule has 0 saturated carbocycles. The van der Waals surface area contributed by atoms with Gasteiger partial charge >= 0.3 is 0 Å². The molecule has 1 amide bonds. The third-order valence-corrected chi connectivity index (χ3v) is 6.93. The van der Waals surface area contributed by atoms with Gasteiger partial charge in [-0.15, -0.1) is 11.3 Å². The number of rotatable bonds is 8. The van der Waals surface area contributed by atoms with Crippen LogP contribution in [0.1, 0.15) is 30.9 Å². The summed E-state index contributed by atoms with van der Waals surface area (Å²) < 4.78 is 2.22. The van der Waals surface area contributed by atoms with E-state index in [1.165, 1.54) is 28.7 Å². The topological polar surface area (TPSA) is 64.0 Å². The van der Waals surface area contributed by atoms with E-state index in [0.717, 1.165) is 36.2 Å². The third-order valence-electron chi connectivity index (χ3n) is 5.10. The fourth-order valence-electron chi connectivity index (χ4n) is 3.45. The lowest BCUT2D eigenvalue weighted by molar-refractivity contribution is -0.113. The summed E-state index contributed by atoms with van der Waals surface area (Å²) >= 11 is 2.65. The Hall–Kier alpha value is -2.90. The number of aryl methyl sites for hydroxylation is 2. The maximum Gasteiger partial charge on any atom is 0.276 e. The highest BCUT2D eigenvalue weighted by molar-refractivity contribution is 7.99. The average molecular weight is 464 g/mol. The normalized spacial score (nSPS) is 11.1. The number of fused-ring (bicyclic) bond motifs is 1. The summed E-state index contributed by atoms with van der Waals surface area (Å²) in [7, 11) is 0. The van der Waals surface area contributed by atoms with Gasteiger partial charge < -0.3 is 5.32 Å². The van der Waals surface area contributed by atoms with Crippen molar-refractivity contribution in [2.75, 3.05) is 11.1 Å². The van der Waals surface area contributed by atoms with Gasteiger partial charge in [0.15, 0.2) is 5.16 Å². The average Bonchev–Trinajstić information content (AvgIpc) is 3.26. The van der Waals surface area contributed by atoms with E-state index in [-0.39, 0.29) is 17.2 Å². The maximum absolute atomic E-state index is 13.2. The van der Waals surface area contributed by atoms with E-state index in [0.29, 0.717) is 15.4 Å². The third kappa shape index (κ3) is 5.11. The summed E-state index contributed by atoms with van der Waals surface area (Å²) in [4.78, 5) is 30.5. The van der Waals surface area contributed by atoms with Crippen LogP contribution in [0.3, 0.4) is 0 Å². The number of thioether (sulfide) groups is 1. The number of anilines is 1.